The Kier molecular flexibility index (Phi) is 3.35. The maximum absolute atomic E-state index is 12.9. The Balaban J connectivity index is 2.64. The van der Waals surface area contributed by atoms with E-state index in [0.29, 0.717) is 0 Å². The highest BCUT2D eigenvalue weighted by molar-refractivity contribution is 5.85. The van der Waals surface area contributed by atoms with Crippen molar-refractivity contribution in [3.8, 4) is 11.1 Å². The van der Waals surface area contributed by atoms with E-state index < -0.39 is 23.3 Å². The molecule has 1 heterocycles. The molecule has 20 heavy (non-hydrogen) atoms. The van der Waals surface area contributed by atoms with E-state index in [1.807, 2.05) is 4.98 Å². The molecule has 0 fully saturated rings. The summed E-state index contributed by atoms with van der Waals surface area (Å²) < 4.78 is 38.6. The number of carboxylic acids is 1. The molecule has 104 valence electrons. The van der Waals surface area contributed by atoms with Crippen LogP contribution < -0.4 is 5.56 Å². The minimum Gasteiger partial charge on any atom is -0.477 e. The summed E-state index contributed by atoms with van der Waals surface area (Å²) in [6.45, 7) is 0. The monoisotopic (exact) mass is 283 g/mol. The van der Waals surface area contributed by atoms with Gasteiger partial charge < -0.3 is 10.1 Å². The van der Waals surface area contributed by atoms with E-state index in [-0.39, 0.29) is 16.8 Å². The molecule has 0 unspecified atom stereocenters. The van der Waals surface area contributed by atoms with E-state index in [1.165, 1.54) is 12.1 Å². The van der Waals surface area contributed by atoms with Gasteiger partial charge in [-0.05, 0) is 23.8 Å². The van der Waals surface area contributed by atoms with E-state index in [4.69, 9.17) is 5.11 Å². The lowest BCUT2D eigenvalue weighted by Gasteiger charge is -2.12. The van der Waals surface area contributed by atoms with Crippen molar-refractivity contribution >= 4 is 5.97 Å². The van der Waals surface area contributed by atoms with Crippen LogP contribution in [0.4, 0.5) is 13.2 Å². The average Bonchev–Trinajstić information content (AvgIpc) is 2.37. The van der Waals surface area contributed by atoms with Crippen LogP contribution in [0.3, 0.4) is 0 Å². The molecule has 2 N–H and O–H groups in total. The molecule has 2 rings (SSSR count). The zero-order chi connectivity index (χ0) is 14.9. The molecule has 0 amide bonds. The molecular weight excluding hydrogens is 275 g/mol. The Morgan fingerprint density at radius 2 is 1.70 bits per heavy atom. The number of halogens is 3. The summed E-state index contributed by atoms with van der Waals surface area (Å²) in [5.74, 6) is -1.36. The van der Waals surface area contributed by atoms with Crippen molar-refractivity contribution in [1.29, 1.82) is 0 Å². The van der Waals surface area contributed by atoms with Gasteiger partial charge in [0.05, 0.1) is 5.56 Å². The molecule has 0 aliphatic heterocycles. The Morgan fingerprint density at radius 1 is 1.05 bits per heavy atom. The standard InChI is InChI=1S/C13H8F3NO3/c14-13(15,16)9-4-2-1-3-7(9)8-5-6-10(12(19)20)17-11(8)18/h1-6H,(H,17,18)(H,19,20). The van der Waals surface area contributed by atoms with Crippen molar-refractivity contribution in [1.82, 2.24) is 4.98 Å². The first-order valence-corrected chi connectivity index (χ1v) is 5.44. The number of alkyl halides is 3. The summed E-state index contributed by atoms with van der Waals surface area (Å²) in [7, 11) is 0. The zero-order valence-electron chi connectivity index (χ0n) is 9.86. The lowest BCUT2D eigenvalue weighted by molar-refractivity contribution is -0.137. The summed E-state index contributed by atoms with van der Waals surface area (Å²) in [6.07, 6.45) is -4.60. The SMILES string of the molecule is O=C(O)c1ccc(-c2ccccc2C(F)(F)F)c(=O)[nH]1. The second-order valence-corrected chi connectivity index (χ2v) is 3.96. The molecule has 1 aromatic carbocycles. The fourth-order valence-corrected chi connectivity index (χ4v) is 1.78. The molecule has 7 heteroatoms. The largest absolute Gasteiger partial charge is 0.477 e. The van der Waals surface area contributed by atoms with Crippen molar-refractivity contribution < 1.29 is 23.1 Å². The number of aromatic carboxylic acids is 1. The average molecular weight is 283 g/mol. The minimum atomic E-state index is -4.60. The minimum absolute atomic E-state index is 0.233. The number of nitrogens with one attached hydrogen (secondary N) is 1. The Morgan fingerprint density at radius 3 is 2.25 bits per heavy atom. The lowest BCUT2D eigenvalue weighted by Crippen LogP contribution is -2.16. The lowest BCUT2D eigenvalue weighted by atomic mass is 10.0. The highest BCUT2D eigenvalue weighted by Crippen LogP contribution is 2.35. The predicted octanol–water partition coefficient (Wildman–Crippen LogP) is 2.76. The Hall–Kier alpha value is -2.57. The molecule has 0 atom stereocenters. The number of carbonyl (C=O) groups is 1. The number of aromatic amines is 1. The third-order valence-corrected chi connectivity index (χ3v) is 2.66. The van der Waals surface area contributed by atoms with Gasteiger partial charge in [0.25, 0.3) is 5.56 Å². The van der Waals surface area contributed by atoms with Gasteiger partial charge in [-0.1, -0.05) is 18.2 Å². The molecule has 0 spiro atoms. The topological polar surface area (TPSA) is 70.2 Å². The predicted molar refractivity (Wildman–Crippen MR) is 64.5 cm³/mol. The van der Waals surface area contributed by atoms with Crippen LogP contribution in [0.2, 0.25) is 0 Å². The first-order valence-electron chi connectivity index (χ1n) is 5.44. The number of pyridine rings is 1. The van der Waals surface area contributed by atoms with Gasteiger partial charge in [0, 0.05) is 5.56 Å². The number of hydrogen-bond acceptors (Lipinski definition) is 2. The quantitative estimate of drug-likeness (QED) is 0.890. The van der Waals surface area contributed by atoms with E-state index >= 15 is 0 Å². The van der Waals surface area contributed by atoms with Gasteiger partial charge in [-0.15, -0.1) is 0 Å². The van der Waals surface area contributed by atoms with Crippen LogP contribution in [0.1, 0.15) is 16.1 Å². The van der Waals surface area contributed by atoms with Gasteiger partial charge in [0.2, 0.25) is 0 Å². The Bertz CT molecular complexity index is 719. The van der Waals surface area contributed by atoms with Crippen LogP contribution in [0.5, 0.6) is 0 Å². The molecule has 0 saturated heterocycles. The van der Waals surface area contributed by atoms with Gasteiger partial charge in [0.1, 0.15) is 5.69 Å². The first kappa shape index (κ1) is 13.9. The van der Waals surface area contributed by atoms with Crippen LogP contribution in [0.25, 0.3) is 11.1 Å². The fourth-order valence-electron chi connectivity index (χ4n) is 1.78. The maximum atomic E-state index is 12.9. The third-order valence-electron chi connectivity index (χ3n) is 2.66. The summed E-state index contributed by atoms with van der Waals surface area (Å²) in [5.41, 5.74) is -2.75. The number of aromatic nitrogens is 1. The highest BCUT2D eigenvalue weighted by Gasteiger charge is 2.33. The molecule has 0 aliphatic carbocycles. The smallest absolute Gasteiger partial charge is 0.417 e. The fraction of sp³-hybridized carbons (Fsp3) is 0.0769. The third kappa shape index (κ3) is 2.56. The van der Waals surface area contributed by atoms with E-state index in [9.17, 15) is 22.8 Å². The van der Waals surface area contributed by atoms with Crippen molar-refractivity contribution in [3.63, 3.8) is 0 Å². The van der Waals surface area contributed by atoms with E-state index in [1.54, 1.807) is 0 Å². The van der Waals surface area contributed by atoms with Gasteiger partial charge in [0.15, 0.2) is 0 Å². The number of benzene rings is 1. The first-order chi connectivity index (χ1) is 9.30. The molecule has 2 aromatic rings. The molecule has 4 nitrogen and oxygen atoms in total. The number of hydrogen-bond donors (Lipinski definition) is 2. The molecular formula is C13H8F3NO3. The van der Waals surface area contributed by atoms with Crippen LogP contribution in [-0.4, -0.2) is 16.1 Å². The van der Waals surface area contributed by atoms with Gasteiger partial charge in [-0.25, -0.2) is 4.79 Å². The van der Waals surface area contributed by atoms with Crippen molar-refractivity contribution in [2.75, 3.05) is 0 Å². The van der Waals surface area contributed by atoms with E-state index in [2.05, 4.69) is 0 Å². The second kappa shape index (κ2) is 4.84. The molecule has 0 aliphatic rings. The molecule has 0 bridgehead atoms. The summed E-state index contributed by atoms with van der Waals surface area (Å²) in [6, 6.07) is 6.72. The maximum Gasteiger partial charge on any atom is 0.417 e. The number of rotatable bonds is 2. The van der Waals surface area contributed by atoms with E-state index in [0.717, 1.165) is 24.3 Å². The van der Waals surface area contributed by atoms with Crippen LogP contribution in [-0.2, 0) is 6.18 Å². The number of H-pyrrole nitrogens is 1. The zero-order valence-corrected chi connectivity index (χ0v) is 9.86. The highest BCUT2D eigenvalue weighted by atomic mass is 19.4. The summed E-state index contributed by atoms with van der Waals surface area (Å²) >= 11 is 0. The van der Waals surface area contributed by atoms with Crippen molar-refractivity contribution in [2.24, 2.45) is 0 Å². The van der Waals surface area contributed by atoms with Crippen LogP contribution >= 0.6 is 0 Å². The van der Waals surface area contributed by atoms with Crippen molar-refractivity contribution in [3.05, 3.63) is 58.0 Å². The summed E-state index contributed by atoms with van der Waals surface area (Å²) in [5, 5.41) is 8.70. The number of carboxylic acid groups (broad SMARTS) is 1. The molecule has 1 aromatic heterocycles. The van der Waals surface area contributed by atoms with Gasteiger partial charge in [-0.3, -0.25) is 4.79 Å². The van der Waals surface area contributed by atoms with Crippen LogP contribution in [0, 0.1) is 0 Å². The van der Waals surface area contributed by atoms with Crippen LogP contribution in [0.15, 0.2) is 41.2 Å². The summed E-state index contributed by atoms with van der Waals surface area (Å²) in [4.78, 5) is 24.4. The Labute approximate surface area is 110 Å². The molecule has 0 radical (unpaired) electrons. The second-order valence-electron chi connectivity index (χ2n) is 3.96. The normalized spacial score (nSPS) is 11.3. The van der Waals surface area contributed by atoms with Crippen molar-refractivity contribution in [2.45, 2.75) is 6.18 Å². The molecule has 0 saturated carbocycles. The van der Waals surface area contributed by atoms with Gasteiger partial charge in [-0.2, -0.15) is 13.2 Å². The van der Waals surface area contributed by atoms with Gasteiger partial charge >= 0.3 is 12.1 Å².